The number of carboxylic acids is 1. The van der Waals surface area contributed by atoms with Gasteiger partial charge in [-0.2, -0.15) is 0 Å². The number of para-hydroxylation sites is 1. The molecule has 0 saturated carbocycles. The molecule has 0 spiro atoms. The molecule has 3 aliphatic rings. The van der Waals surface area contributed by atoms with Gasteiger partial charge in [-0.3, -0.25) is 4.90 Å². The molecule has 0 amide bonds. The van der Waals surface area contributed by atoms with Crippen LogP contribution in [0.4, 0.5) is 4.39 Å². The van der Waals surface area contributed by atoms with Crippen LogP contribution in [-0.4, -0.2) is 51.3 Å². The van der Waals surface area contributed by atoms with Gasteiger partial charge in [-0.1, -0.05) is 29.8 Å². The third-order valence-corrected chi connectivity index (χ3v) is 8.95. The summed E-state index contributed by atoms with van der Waals surface area (Å²) < 4.78 is 35.2. The molecule has 1 N–H and O–H groups in total. The van der Waals surface area contributed by atoms with E-state index in [1.807, 2.05) is 18.2 Å². The van der Waals surface area contributed by atoms with Crippen LogP contribution in [-0.2, 0) is 17.1 Å². The van der Waals surface area contributed by atoms with Crippen molar-refractivity contribution in [3.05, 3.63) is 94.0 Å². The molecular weight excluding hydrogens is 573 g/mol. The van der Waals surface area contributed by atoms with Crippen LogP contribution in [0.3, 0.4) is 0 Å². The van der Waals surface area contributed by atoms with Crippen molar-refractivity contribution in [1.29, 1.82) is 0 Å². The van der Waals surface area contributed by atoms with Crippen LogP contribution in [0.5, 0.6) is 11.5 Å². The molecule has 0 aliphatic carbocycles. The van der Waals surface area contributed by atoms with E-state index in [0.717, 1.165) is 54.0 Å². The van der Waals surface area contributed by atoms with Gasteiger partial charge in [0.15, 0.2) is 11.5 Å². The lowest BCUT2D eigenvalue weighted by Gasteiger charge is -2.33. The van der Waals surface area contributed by atoms with Crippen molar-refractivity contribution in [3.8, 4) is 11.5 Å². The molecule has 1 fully saturated rings. The number of carbonyl (C=O) groups is 1. The molecule has 7 rings (SSSR count). The van der Waals surface area contributed by atoms with Crippen molar-refractivity contribution >= 4 is 34.2 Å². The minimum absolute atomic E-state index is 0.0178. The van der Waals surface area contributed by atoms with Crippen molar-refractivity contribution in [3.63, 3.8) is 0 Å². The lowest BCUT2D eigenvalue weighted by Crippen LogP contribution is -2.35. The third kappa shape index (κ3) is 4.95. The molecule has 0 radical (unpaired) electrons. The van der Waals surface area contributed by atoms with Gasteiger partial charge in [0.1, 0.15) is 11.6 Å². The number of ether oxygens (including phenoxy) is 3. The highest BCUT2D eigenvalue weighted by atomic mass is 35.5. The number of aromatic carboxylic acids is 1. The lowest BCUT2D eigenvalue weighted by atomic mass is 9.97. The second-order valence-corrected chi connectivity index (χ2v) is 11.9. The molecule has 3 atom stereocenters. The zero-order valence-electron chi connectivity index (χ0n) is 23.8. The summed E-state index contributed by atoms with van der Waals surface area (Å²) >= 11 is 5.97. The van der Waals surface area contributed by atoms with Gasteiger partial charge in [-0.15, -0.1) is 0 Å². The second kappa shape index (κ2) is 10.7. The number of hydrogen-bond acceptors (Lipinski definition) is 6. The van der Waals surface area contributed by atoms with Gasteiger partial charge in [0.25, 0.3) is 5.79 Å². The Hall–Kier alpha value is -3.92. The number of imidazole rings is 1. The number of benzene rings is 3. The van der Waals surface area contributed by atoms with Gasteiger partial charge in [-0.05, 0) is 67.8 Å². The van der Waals surface area contributed by atoms with Gasteiger partial charge in [0, 0.05) is 37.2 Å². The van der Waals surface area contributed by atoms with E-state index in [0.29, 0.717) is 29.6 Å². The highest BCUT2D eigenvalue weighted by Gasteiger charge is 2.42. The number of hydrogen-bond donors (Lipinski definition) is 1. The summed E-state index contributed by atoms with van der Waals surface area (Å²) in [6, 6.07) is 15.3. The molecule has 0 bridgehead atoms. The molecule has 10 heteroatoms. The highest BCUT2D eigenvalue weighted by molar-refractivity contribution is 6.30. The molecule has 3 aliphatic heterocycles. The first-order valence-corrected chi connectivity index (χ1v) is 14.8. The maximum absolute atomic E-state index is 14.8. The molecule has 222 valence electrons. The standard InChI is InChI=1S/C33H31ClFN3O5/c1-19(31-36-27-9-6-21(32(39)40)16-28(27)38(31)18-23-12-15-41-23)37-13-10-20(11-14-37)24-4-3-5-29-30(24)43-33(2,42-29)25-8-7-22(34)17-26(25)35/h3-10,16-17,19,23H,11-15,18H2,1-2H3,(H,39,40)/t19?,23-,33+/m0/s1. The maximum Gasteiger partial charge on any atom is 0.335 e. The number of halogens is 2. The summed E-state index contributed by atoms with van der Waals surface area (Å²) in [7, 11) is 0. The van der Waals surface area contributed by atoms with E-state index in [1.165, 1.54) is 6.07 Å². The predicted octanol–water partition coefficient (Wildman–Crippen LogP) is 6.81. The SMILES string of the molecule is CC(c1nc2ccc(C(=O)O)cc2n1C[C@@H]1CCO1)N1CC=C(c2cccc3c2O[C@](C)(c2ccc(Cl)cc2F)O3)CC1. The fraction of sp³-hybridized carbons (Fsp3) is 0.333. The number of nitrogens with zero attached hydrogens (tertiary/aromatic N) is 3. The topological polar surface area (TPSA) is 86.0 Å². The van der Waals surface area contributed by atoms with Crippen LogP contribution in [0.15, 0.2) is 60.7 Å². The summed E-state index contributed by atoms with van der Waals surface area (Å²) in [5.74, 6) is -0.699. The first-order valence-electron chi connectivity index (χ1n) is 14.5. The summed E-state index contributed by atoms with van der Waals surface area (Å²) in [6.45, 7) is 6.70. The number of carboxylic acid groups (broad SMARTS) is 1. The molecule has 1 unspecified atom stereocenters. The Morgan fingerprint density at radius 2 is 2.05 bits per heavy atom. The van der Waals surface area contributed by atoms with Crippen LogP contribution in [0, 0.1) is 5.82 Å². The van der Waals surface area contributed by atoms with Gasteiger partial charge in [-0.25, -0.2) is 14.2 Å². The van der Waals surface area contributed by atoms with Gasteiger partial charge in [0.05, 0.1) is 40.9 Å². The fourth-order valence-corrected chi connectivity index (χ4v) is 6.37. The average Bonchev–Trinajstić information content (AvgIpc) is 3.51. The van der Waals surface area contributed by atoms with E-state index in [1.54, 1.807) is 37.3 Å². The third-order valence-electron chi connectivity index (χ3n) is 8.71. The summed E-state index contributed by atoms with van der Waals surface area (Å²) in [4.78, 5) is 19.0. The second-order valence-electron chi connectivity index (χ2n) is 11.4. The van der Waals surface area contributed by atoms with Crippen LogP contribution < -0.4 is 9.47 Å². The average molecular weight is 604 g/mol. The van der Waals surface area contributed by atoms with Gasteiger partial charge >= 0.3 is 5.97 Å². The van der Waals surface area contributed by atoms with Crippen LogP contribution >= 0.6 is 11.6 Å². The summed E-state index contributed by atoms with van der Waals surface area (Å²) in [6.07, 6.45) is 4.03. The van der Waals surface area contributed by atoms with Gasteiger partial charge < -0.3 is 23.9 Å². The molecular formula is C33H31ClFN3O5. The highest BCUT2D eigenvalue weighted by Crippen LogP contribution is 2.49. The molecule has 1 saturated heterocycles. The largest absolute Gasteiger partial charge is 0.478 e. The van der Waals surface area contributed by atoms with E-state index < -0.39 is 17.6 Å². The summed E-state index contributed by atoms with van der Waals surface area (Å²) in [5.41, 5.74) is 4.16. The van der Waals surface area contributed by atoms with Crippen LogP contribution in [0.1, 0.15) is 60.0 Å². The Labute approximate surface area is 253 Å². The van der Waals surface area contributed by atoms with E-state index >= 15 is 0 Å². The van der Waals surface area contributed by atoms with Crippen molar-refractivity contribution in [2.24, 2.45) is 0 Å². The Kier molecular flexibility index (Phi) is 6.91. The van der Waals surface area contributed by atoms with E-state index in [4.69, 9.17) is 30.8 Å². The zero-order valence-corrected chi connectivity index (χ0v) is 24.6. The molecule has 4 aromatic rings. The Bertz CT molecular complexity index is 1780. The monoisotopic (exact) mass is 603 g/mol. The van der Waals surface area contributed by atoms with Crippen LogP contribution in [0.25, 0.3) is 16.6 Å². The zero-order chi connectivity index (χ0) is 29.9. The minimum atomic E-state index is -1.31. The normalized spacial score (nSPS) is 22.3. The van der Waals surface area contributed by atoms with E-state index in [2.05, 4.69) is 22.5 Å². The predicted molar refractivity (Wildman–Crippen MR) is 160 cm³/mol. The molecule has 43 heavy (non-hydrogen) atoms. The van der Waals surface area contributed by atoms with Crippen molar-refractivity contribution in [1.82, 2.24) is 14.5 Å². The Balaban J connectivity index is 1.15. The molecule has 8 nitrogen and oxygen atoms in total. The van der Waals surface area contributed by atoms with Crippen LogP contribution in [0.2, 0.25) is 5.02 Å². The van der Waals surface area contributed by atoms with Crippen molar-refractivity contribution < 1.29 is 28.5 Å². The molecule has 4 heterocycles. The number of aromatic nitrogens is 2. The molecule has 1 aromatic heterocycles. The first-order chi connectivity index (χ1) is 20.7. The van der Waals surface area contributed by atoms with Crippen molar-refractivity contribution in [2.45, 2.75) is 51.2 Å². The summed E-state index contributed by atoms with van der Waals surface area (Å²) in [5, 5.41) is 9.88. The Morgan fingerprint density at radius 1 is 1.21 bits per heavy atom. The first kappa shape index (κ1) is 27.9. The fourth-order valence-electron chi connectivity index (χ4n) is 6.21. The van der Waals surface area contributed by atoms with E-state index in [-0.39, 0.29) is 23.3 Å². The number of rotatable bonds is 7. The number of fused-ring (bicyclic) bond motifs is 2. The van der Waals surface area contributed by atoms with Crippen molar-refractivity contribution in [2.75, 3.05) is 19.7 Å². The Morgan fingerprint density at radius 3 is 2.74 bits per heavy atom. The quantitative estimate of drug-likeness (QED) is 0.248. The lowest BCUT2D eigenvalue weighted by molar-refractivity contribution is -0.0708. The maximum atomic E-state index is 14.8. The van der Waals surface area contributed by atoms with Gasteiger partial charge in [0.2, 0.25) is 0 Å². The minimum Gasteiger partial charge on any atom is -0.478 e. The smallest absolute Gasteiger partial charge is 0.335 e. The molecule has 3 aromatic carbocycles. The van der Waals surface area contributed by atoms with E-state index in [9.17, 15) is 14.3 Å².